The number of anilines is 3. The van der Waals surface area contributed by atoms with E-state index in [9.17, 15) is 5.11 Å². The van der Waals surface area contributed by atoms with Gasteiger partial charge in [-0.3, -0.25) is 5.10 Å². The number of aromatic amines is 1. The van der Waals surface area contributed by atoms with E-state index in [1.807, 2.05) is 60.7 Å². The third-order valence-electron chi connectivity index (χ3n) is 6.04. The molecule has 5 rings (SSSR count). The highest BCUT2D eigenvalue weighted by Crippen LogP contribution is 2.29. The summed E-state index contributed by atoms with van der Waals surface area (Å²) in [7, 11) is 0. The Balaban J connectivity index is 1.33. The number of aliphatic hydroxyl groups excluding tert-OH is 1. The second-order valence-corrected chi connectivity index (χ2v) is 8.34. The van der Waals surface area contributed by atoms with Crippen LogP contribution in [-0.4, -0.2) is 45.0 Å². The van der Waals surface area contributed by atoms with Crippen molar-refractivity contribution in [1.82, 2.24) is 20.2 Å². The quantitative estimate of drug-likeness (QED) is 0.373. The molecule has 1 saturated heterocycles. The fraction of sp³-hybridized carbons (Fsp3) is 0.320. The van der Waals surface area contributed by atoms with Gasteiger partial charge in [0.25, 0.3) is 0 Å². The van der Waals surface area contributed by atoms with Crippen LogP contribution >= 0.6 is 0 Å². The Morgan fingerprint density at radius 3 is 2.64 bits per heavy atom. The van der Waals surface area contributed by atoms with E-state index >= 15 is 0 Å². The SMILES string of the molecule is OCCC1CCN(c2nc(Nc3cc(COc4ccccc4)[nH]n3)c3ccccc3n2)CC1. The fourth-order valence-electron chi connectivity index (χ4n) is 4.20. The summed E-state index contributed by atoms with van der Waals surface area (Å²) in [6, 6.07) is 19.6. The van der Waals surface area contributed by atoms with Crippen LogP contribution < -0.4 is 15.0 Å². The summed E-state index contributed by atoms with van der Waals surface area (Å²) in [5.41, 5.74) is 1.76. The standard InChI is InChI=1S/C25H28N6O2/c32-15-12-18-10-13-31(14-11-18)25-26-22-9-5-4-8-21(22)24(28-25)27-23-16-19(29-30-23)17-33-20-6-2-1-3-7-20/h1-9,16,18,32H,10-15,17H2,(H2,26,27,28,29,30). The molecule has 0 saturated carbocycles. The number of hydrogen-bond donors (Lipinski definition) is 3. The lowest BCUT2D eigenvalue weighted by Crippen LogP contribution is -2.35. The van der Waals surface area contributed by atoms with Crippen LogP contribution in [0, 0.1) is 5.92 Å². The molecular weight excluding hydrogens is 416 g/mol. The molecule has 2 aromatic heterocycles. The smallest absolute Gasteiger partial charge is 0.227 e. The predicted molar refractivity (Wildman–Crippen MR) is 129 cm³/mol. The van der Waals surface area contributed by atoms with Gasteiger partial charge in [-0.15, -0.1) is 0 Å². The highest BCUT2D eigenvalue weighted by atomic mass is 16.5. The van der Waals surface area contributed by atoms with E-state index in [4.69, 9.17) is 14.7 Å². The zero-order chi connectivity index (χ0) is 22.5. The van der Waals surface area contributed by atoms with Crippen molar-refractivity contribution in [2.75, 3.05) is 29.9 Å². The lowest BCUT2D eigenvalue weighted by atomic mass is 9.94. The Morgan fingerprint density at radius 1 is 1.03 bits per heavy atom. The summed E-state index contributed by atoms with van der Waals surface area (Å²) in [5.74, 6) is 3.52. The van der Waals surface area contributed by atoms with Crippen LogP contribution in [0.5, 0.6) is 5.75 Å². The predicted octanol–water partition coefficient (Wildman–Crippen LogP) is 4.27. The minimum atomic E-state index is 0.257. The average Bonchev–Trinajstić information content (AvgIpc) is 3.31. The zero-order valence-corrected chi connectivity index (χ0v) is 18.4. The maximum absolute atomic E-state index is 9.23. The van der Waals surface area contributed by atoms with Crippen LogP contribution in [0.4, 0.5) is 17.6 Å². The molecule has 2 aromatic carbocycles. The van der Waals surface area contributed by atoms with Gasteiger partial charge in [0.05, 0.1) is 11.2 Å². The molecule has 170 valence electrons. The molecule has 1 aliphatic heterocycles. The number of piperidine rings is 1. The Morgan fingerprint density at radius 2 is 1.82 bits per heavy atom. The van der Waals surface area contributed by atoms with E-state index < -0.39 is 0 Å². The number of aliphatic hydroxyl groups is 1. The minimum absolute atomic E-state index is 0.257. The molecule has 0 unspecified atom stereocenters. The molecule has 1 fully saturated rings. The molecule has 0 atom stereocenters. The molecular formula is C25H28N6O2. The normalized spacial score (nSPS) is 14.5. The van der Waals surface area contributed by atoms with Gasteiger partial charge in [0.1, 0.15) is 18.2 Å². The largest absolute Gasteiger partial charge is 0.487 e. The van der Waals surface area contributed by atoms with Crippen LogP contribution in [0.2, 0.25) is 0 Å². The number of hydrogen-bond acceptors (Lipinski definition) is 7. The van der Waals surface area contributed by atoms with Crippen molar-refractivity contribution in [1.29, 1.82) is 0 Å². The summed E-state index contributed by atoms with van der Waals surface area (Å²) >= 11 is 0. The number of fused-ring (bicyclic) bond motifs is 1. The number of rotatable bonds is 8. The fourth-order valence-corrected chi connectivity index (χ4v) is 4.20. The van der Waals surface area contributed by atoms with Crippen molar-refractivity contribution < 1.29 is 9.84 Å². The number of nitrogens with one attached hydrogen (secondary N) is 2. The summed E-state index contributed by atoms with van der Waals surface area (Å²) in [4.78, 5) is 11.9. The van der Waals surface area contributed by atoms with E-state index in [0.29, 0.717) is 18.3 Å². The molecule has 8 heteroatoms. The van der Waals surface area contributed by atoms with Crippen molar-refractivity contribution in [3.63, 3.8) is 0 Å². The number of H-pyrrole nitrogens is 1. The third-order valence-corrected chi connectivity index (χ3v) is 6.04. The van der Waals surface area contributed by atoms with Gasteiger partial charge >= 0.3 is 0 Å². The molecule has 3 heterocycles. The van der Waals surface area contributed by atoms with Crippen molar-refractivity contribution in [2.45, 2.75) is 25.9 Å². The highest BCUT2D eigenvalue weighted by molar-refractivity contribution is 5.91. The number of benzene rings is 2. The van der Waals surface area contributed by atoms with Gasteiger partial charge in [0, 0.05) is 31.1 Å². The minimum Gasteiger partial charge on any atom is -0.487 e. The Hall–Kier alpha value is -3.65. The highest BCUT2D eigenvalue weighted by Gasteiger charge is 2.22. The number of para-hydroxylation sites is 2. The molecule has 4 aromatic rings. The zero-order valence-electron chi connectivity index (χ0n) is 18.4. The summed E-state index contributed by atoms with van der Waals surface area (Å²) < 4.78 is 5.80. The maximum Gasteiger partial charge on any atom is 0.227 e. The van der Waals surface area contributed by atoms with Crippen LogP contribution in [0.3, 0.4) is 0 Å². The Kier molecular flexibility index (Phi) is 6.34. The van der Waals surface area contributed by atoms with Gasteiger partial charge in [0.15, 0.2) is 5.82 Å². The molecule has 0 amide bonds. The summed E-state index contributed by atoms with van der Waals surface area (Å²) in [6.07, 6.45) is 2.96. The van der Waals surface area contributed by atoms with Crippen LogP contribution in [0.15, 0.2) is 60.7 Å². The van der Waals surface area contributed by atoms with Crippen molar-refractivity contribution in [3.8, 4) is 5.75 Å². The molecule has 0 radical (unpaired) electrons. The van der Waals surface area contributed by atoms with Gasteiger partial charge < -0.3 is 20.1 Å². The monoisotopic (exact) mass is 444 g/mol. The molecule has 33 heavy (non-hydrogen) atoms. The molecule has 3 N–H and O–H groups in total. The number of aromatic nitrogens is 4. The van der Waals surface area contributed by atoms with Gasteiger partial charge in [-0.05, 0) is 49.4 Å². The summed E-state index contributed by atoms with van der Waals surface area (Å²) in [6.45, 7) is 2.45. The first-order valence-corrected chi connectivity index (χ1v) is 11.4. The third kappa shape index (κ3) is 5.06. The Bertz CT molecular complexity index is 1190. The molecule has 8 nitrogen and oxygen atoms in total. The first-order chi connectivity index (χ1) is 16.3. The van der Waals surface area contributed by atoms with E-state index in [1.54, 1.807) is 0 Å². The van der Waals surface area contributed by atoms with E-state index in [-0.39, 0.29) is 6.61 Å². The summed E-state index contributed by atoms with van der Waals surface area (Å²) in [5, 5.41) is 21.0. The molecule has 0 aliphatic carbocycles. The first-order valence-electron chi connectivity index (χ1n) is 11.4. The second kappa shape index (κ2) is 9.87. The van der Waals surface area contributed by atoms with Crippen LogP contribution in [-0.2, 0) is 6.61 Å². The van der Waals surface area contributed by atoms with Gasteiger partial charge in [0.2, 0.25) is 5.95 Å². The number of ether oxygens (including phenoxy) is 1. The van der Waals surface area contributed by atoms with Gasteiger partial charge in [-0.1, -0.05) is 30.3 Å². The van der Waals surface area contributed by atoms with E-state index in [2.05, 4.69) is 20.4 Å². The van der Waals surface area contributed by atoms with Crippen molar-refractivity contribution in [3.05, 3.63) is 66.4 Å². The topological polar surface area (TPSA) is 99.2 Å². The van der Waals surface area contributed by atoms with Crippen molar-refractivity contribution in [2.24, 2.45) is 5.92 Å². The van der Waals surface area contributed by atoms with E-state index in [0.717, 1.165) is 66.5 Å². The molecule has 1 aliphatic rings. The molecule has 0 bridgehead atoms. The molecule has 0 spiro atoms. The average molecular weight is 445 g/mol. The van der Waals surface area contributed by atoms with Gasteiger partial charge in [-0.2, -0.15) is 10.1 Å². The van der Waals surface area contributed by atoms with Gasteiger partial charge in [-0.25, -0.2) is 4.98 Å². The lowest BCUT2D eigenvalue weighted by molar-refractivity contribution is 0.240. The van der Waals surface area contributed by atoms with Crippen molar-refractivity contribution >= 4 is 28.5 Å². The first kappa shape index (κ1) is 21.2. The lowest BCUT2D eigenvalue weighted by Gasteiger charge is -2.32. The second-order valence-electron chi connectivity index (χ2n) is 8.34. The number of nitrogens with zero attached hydrogens (tertiary/aromatic N) is 4. The Labute approximate surface area is 192 Å². The van der Waals surface area contributed by atoms with Crippen LogP contribution in [0.1, 0.15) is 25.0 Å². The maximum atomic E-state index is 9.23. The van der Waals surface area contributed by atoms with E-state index in [1.165, 1.54) is 0 Å². The van der Waals surface area contributed by atoms with Crippen LogP contribution in [0.25, 0.3) is 10.9 Å².